The Morgan fingerprint density at radius 3 is 2.88 bits per heavy atom. The third-order valence-corrected chi connectivity index (χ3v) is 3.00. The van der Waals surface area contributed by atoms with Crippen LogP contribution in [0.2, 0.25) is 0 Å². The van der Waals surface area contributed by atoms with E-state index in [-0.39, 0.29) is 5.69 Å². The standard InChI is InChI=1S/C17H21N3O4/c1-2-23-17(21)15-5-3-4-14(20-15)13-6-8-19-16(12-13)24-11-10-22-9-7-18/h3-6,8,12H,2,7,9-11,18H2,1H3. The number of esters is 1. The highest BCUT2D eigenvalue weighted by molar-refractivity contribution is 5.87. The third-order valence-electron chi connectivity index (χ3n) is 3.00. The first-order chi connectivity index (χ1) is 11.7. The van der Waals surface area contributed by atoms with Crippen molar-refractivity contribution in [3.05, 3.63) is 42.2 Å². The van der Waals surface area contributed by atoms with Gasteiger partial charge in [-0.2, -0.15) is 0 Å². The zero-order chi connectivity index (χ0) is 17.2. The molecule has 0 aliphatic rings. The van der Waals surface area contributed by atoms with Gasteiger partial charge in [-0.15, -0.1) is 0 Å². The summed E-state index contributed by atoms with van der Waals surface area (Å²) in [5.41, 5.74) is 7.05. The van der Waals surface area contributed by atoms with Crippen LogP contribution in [-0.2, 0) is 9.47 Å². The van der Waals surface area contributed by atoms with Crippen LogP contribution in [-0.4, -0.2) is 48.9 Å². The predicted molar refractivity (Wildman–Crippen MR) is 88.8 cm³/mol. The lowest BCUT2D eigenvalue weighted by Gasteiger charge is -2.08. The van der Waals surface area contributed by atoms with Crippen molar-refractivity contribution in [2.75, 3.05) is 33.0 Å². The molecule has 2 aromatic rings. The first kappa shape index (κ1) is 17.8. The summed E-state index contributed by atoms with van der Waals surface area (Å²) in [5, 5.41) is 0. The van der Waals surface area contributed by atoms with Crippen LogP contribution in [0.5, 0.6) is 5.88 Å². The molecule has 0 saturated carbocycles. The highest BCUT2D eigenvalue weighted by Crippen LogP contribution is 2.20. The molecular formula is C17H21N3O4. The van der Waals surface area contributed by atoms with E-state index < -0.39 is 5.97 Å². The van der Waals surface area contributed by atoms with Gasteiger partial charge in [-0.3, -0.25) is 0 Å². The molecule has 0 atom stereocenters. The van der Waals surface area contributed by atoms with Gasteiger partial charge in [0, 0.05) is 24.4 Å². The molecule has 0 fully saturated rings. The lowest BCUT2D eigenvalue weighted by atomic mass is 10.1. The second kappa shape index (κ2) is 9.59. The van der Waals surface area contributed by atoms with Crippen molar-refractivity contribution in [2.24, 2.45) is 5.73 Å². The first-order valence-corrected chi connectivity index (χ1v) is 7.75. The van der Waals surface area contributed by atoms with Crippen molar-refractivity contribution in [1.82, 2.24) is 9.97 Å². The molecular weight excluding hydrogens is 310 g/mol. The number of ether oxygens (including phenoxy) is 3. The molecule has 2 rings (SSSR count). The van der Waals surface area contributed by atoms with E-state index in [1.165, 1.54) is 0 Å². The Balaban J connectivity index is 2.05. The molecule has 0 saturated heterocycles. The number of rotatable bonds is 9. The molecule has 0 aliphatic carbocycles. The molecule has 0 aliphatic heterocycles. The minimum atomic E-state index is -0.443. The molecule has 128 valence electrons. The maximum absolute atomic E-state index is 11.8. The summed E-state index contributed by atoms with van der Waals surface area (Å²) >= 11 is 0. The van der Waals surface area contributed by atoms with E-state index in [1.54, 1.807) is 37.4 Å². The van der Waals surface area contributed by atoms with E-state index in [2.05, 4.69) is 9.97 Å². The summed E-state index contributed by atoms with van der Waals surface area (Å²) in [7, 11) is 0. The molecule has 24 heavy (non-hydrogen) atoms. The molecule has 2 aromatic heterocycles. The normalized spacial score (nSPS) is 10.4. The zero-order valence-corrected chi connectivity index (χ0v) is 13.6. The summed E-state index contributed by atoms with van der Waals surface area (Å²) in [5.74, 6) is 0.0223. The van der Waals surface area contributed by atoms with Crippen LogP contribution >= 0.6 is 0 Å². The molecule has 7 heteroatoms. The highest BCUT2D eigenvalue weighted by Gasteiger charge is 2.10. The van der Waals surface area contributed by atoms with E-state index in [1.807, 2.05) is 6.07 Å². The molecule has 2 heterocycles. The molecule has 7 nitrogen and oxygen atoms in total. The molecule has 0 spiro atoms. The van der Waals surface area contributed by atoms with Crippen LogP contribution in [0.3, 0.4) is 0 Å². The van der Waals surface area contributed by atoms with Crippen LogP contribution in [0.4, 0.5) is 0 Å². The van der Waals surface area contributed by atoms with Gasteiger partial charge in [0.1, 0.15) is 12.3 Å². The minimum absolute atomic E-state index is 0.267. The maximum atomic E-state index is 11.8. The predicted octanol–water partition coefficient (Wildman–Crippen LogP) is 1.67. The topological polar surface area (TPSA) is 96.6 Å². The smallest absolute Gasteiger partial charge is 0.356 e. The van der Waals surface area contributed by atoms with Gasteiger partial charge in [-0.1, -0.05) is 6.07 Å². The first-order valence-electron chi connectivity index (χ1n) is 7.75. The second-order valence-corrected chi connectivity index (χ2v) is 4.76. The Hall–Kier alpha value is -2.51. The van der Waals surface area contributed by atoms with Crippen molar-refractivity contribution in [1.29, 1.82) is 0 Å². The van der Waals surface area contributed by atoms with Gasteiger partial charge in [-0.25, -0.2) is 14.8 Å². The SMILES string of the molecule is CCOC(=O)c1cccc(-c2ccnc(OCCOCCN)c2)n1. The highest BCUT2D eigenvalue weighted by atomic mass is 16.5. The Labute approximate surface area is 140 Å². The number of aromatic nitrogens is 2. The van der Waals surface area contributed by atoms with Gasteiger partial charge >= 0.3 is 5.97 Å². The number of hydrogen-bond donors (Lipinski definition) is 1. The van der Waals surface area contributed by atoms with Gasteiger partial charge in [0.15, 0.2) is 0 Å². The van der Waals surface area contributed by atoms with E-state index >= 15 is 0 Å². The van der Waals surface area contributed by atoms with Crippen LogP contribution in [0.25, 0.3) is 11.3 Å². The fourth-order valence-electron chi connectivity index (χ4n) is 1.95. The van der Waals surface area contributed by atoms with Crippen molar-refractivity contribution in [2.45, 2.75) is 6.92 Å². The average Bonchev–Trinajstić information content (AvgIpc) is 2.62. The van der Waals surface area contributed by atoms with E-state index in [4.69, 9.17) is 19.9 Å². The summed E-state index contributed by atoms with van der Waals surface area (Å²) in [6, 6.07) is 8.76. The molecule has 0 bridgehead atoms. The molecule has 0 amide bonds. The van der Waals surface area contributed by atoms with Crippen LogP contribution in [0, 0.1) is 0 Å². The summed E-state index contributed by atoms with van der Waals surface area (Å²) in [6.07, 6.45) is 1.63. The van der Waals surface area contributed by atoms with Crippen molar-refractivity contribution < 1.29 is 19.0 Å². The summed E-state index contributed by atoms with van der Waals surface area (Å²) in [6.45, 7) is 3.87. The van der Waals surface area contributed by atoms with Crippen molar-refractivity contribution in [3.8, 4) is 17.1 Å². The largest absolute Gasteiger partial charge is 0.475 e. The van der Waals surface area contributed by atoms with Gasteiger partial charge in [0.25, 0.3) is 0 Å². The number of hydrogen-bond acceptors (Lipinski definition) is 7. The Morgan fingerprint density at radius 1 is 1.21 bits per heavy atom. The number of nitrogens with two attached hydrogens (primary N) is 1. The van der Waals surface area contributed by atoms with Crippen LogP contribution < -0.4 is 10.5 Å². The van der Waals surface area contributed by atoms with Gasteiger partial charge < -0.3 is 19.9 Å². The fraction of sp³-hybridized carbons (Fsp3) is 0.353. The van der Waals surface area contributed by atoms with E-state index in [0.717, 1.165) is 5.56 Å². The van der Waals surface area contributed by atoms with Crippen LogP contribution in [0.15, 0.2) is 36.5 Å². The Morgan fingerprint density at radius 2 is 2.08 bits per heavy atom. The molecule has 0 radical (unpaired) electrons. The quantitative estimate of drug-likeness (QED) is 0.551. The van der Waals surface area contributed by atoms with E-state index in [0.29, 0.717) is 44.5 Å². The summed E-state index contributed by atoms with van der Waals surface area (Å²) in [4.78, 5) is 20.3. The molecule has 0 unspecified atom stereocenters. The number of pyridine rings is 2. The van der Waals surface area contributed by atoms with Crippen LogP contribution in [0.1, 0.15) is 17.4 Å². The fourth-order valence-corrected chi connectivity index (χ4v) is 1.95. The van der Waals surface area contributed by atoms with Crippen molar-refractivity contribution in [3.63, 3.8) is 0 Å². The zero-order valence-electron chi connectivity index (χ0n) is 13.6. The summed E-state index contributed by atoms with van der Waals surface area (Å²) < 4.78 is 15.7. The minimum Gasteiger partial charge on any atom is -0.475 e. The maximum Gasteiger partial charge on any atom is 0.356 e. The lowest BCUT2D eigenvalue weighted by Crippen LogP contribution is -2.13. The number of nitrogens with zero attached hydrogens (tertiary/aromatic N) is 2. The van der Waals surface area contributed by atoms with E-state index in [9.17, 15) is 4.79 Å². The molecule has 2 N–H and O–H groups in total. The lowest BCUT2D eigenvalue weighted by molar-refractivity contribution is 0.0519. The molecule has 0 aromatic carbocycles. The second-order valence-electron chi connectivity index (χ2n) is 4.76. The Bertz CT molecular complexity index is 664. The van der Waals surface area contributed by atoms with Gasteiger partial charge in [0.05, 0.1) is 25.5 Å². The monoisotopic (exact) mass is 331 g/mol. The third kappa shape index (κ3) is 5.29. The Kier molecular flexibility index (Phi) is 7.13. The van der Waals surface area contributed by atoms with Crippen molar-refractivity contribution >= 4 is 5.97 Å². The van der Waals surface area contributed by atoms with Gasteiger partial charge in [0.2, 0.25) is 5.88 Å². The number of carbonyl (C=O) groups excluding carboxylic acids is 1. The average molecular weight is 331 g/mol. The van der Waals surface area contributed by atoms with Gasteiger partial charge in [-0.05, 0) is 25.1 Å². The number of carbonyl (C=O) groups is 1.